The normalized spacial score (nSPS) is 12.2. The predicted octanol–water partition coefficient (Wildman–Crippen LogP) is 1.39. The third kappa shape index (κ3) is 3.83. The number of hydrogen-bond donors (Lipinski definition) is 3. The number of halogens is 1. The maximum atomic E-state index is 11.7. The minimum Gasteiger partial charge on any atom is -0.399 e. The number of nitrogen functional groups attached to an aromatic ring is 1. The van der Waals surface area contributed by atoms with Crippen molar-refractivity contribution in [2.75, 3.05) is 18.9 Å². The molecule has 0 aromatic heterocycles. The molecule has 0 saturated heterocycles. The number of rotatable bonds is 4. The number of nitrogens with two attached hydrogens (primary N) is 1. The van der Waals surface area contributed by atoms with E-state index in [1.807, 2.05) is 6.92 Å². The molecule has 1 aromatic carbocycles. The molecular formula is C11H15BrN2O2. The van der Waals surface area contributed by atoms with E-state index < -0.39 is 0 Å². The Kier molecular flexibility index (Phi) is 4.76. The average molecular weight is 287 g/mol. The fraction of sp³-hybridized carbons (Fsp3) is 0.364. The first-order chi connectivity index (χ1) is 7.52. The molecule has 0 radical (unpaired) electrons. The van der Waals surface area contributed by atoms with Crippen LogP contribution in [-0.4, -0.2) is 24.2 Å². The van der Waals surface area contributed by atoms with Gasteiger partial charge in [-0.05, 0) is 24.1 Å². The lowest BCUT2D eigenvalue weighted by molar-refractivity contribution is 0.0942. The minimum absolute atomic E-state index is 0.0495. The van der Waals surface area contributed by atoms with Gasteiger partial charge in [-0.1, -0.05) is 22.9 Å². The number of aliphatic hydroxyl groups is 1. The maximum Gasteiger partial charge on any atom is 0.251 e. The first-order valence-electron chi connectivity index (χ1n) is 4.98. The highest BCUT2D eigenvalue weighted by atomic mass is 79.9. The second kappa shape index (κ2) is 5.86. The van der Waals surface area contributed by atoms with Gasteiger partial charge in [-0.2, -0.15) is 0 Å². The molecule has 0 heterocycles. The topological polar surface area (TPSA) is 75.3 Å². The van der Waals surface area contributed by atoms with Gasteiger partial charge >= 0.3 is 0 Å². The van der Waals surface area contributed by atoms with Crippen molar-refractivity contribution in [3.05, 3.63) is 28.2 Å². The average Bonchev–Trinajstić information content (AvgIpc) is 2.23. The van der Waals surface area contributed by atoms with E-state index >= 15 is 0 Å². The molecule has 0 aliphatic carbocycles. The number of carbonyl (C=O) groups excluding carboxylic acids is 1. The van der Waals surface area contributed by atoms with Gasteiger partial charge in [-0.25, -0.2) is 0 Å². The van der Waals surface area contributed by atoms with Gasteiger partial charge in [0.05, 0.1) is 0 Å². The number of carbonyl (C=O) groups is 1. The molecule has 0 aliphatic heterocycles. The number of amides is 1. The zero-order valence-corrected chi connectivity index (χ0v) is 10.6. The van der Waals surface area contributed by atoms with Crippen LogP contribution in [0.25, 0.3) is 0 Å². The lowest BCUT2D eigenvalue weighted by Crippen LogP contribution is -2.29. The van der Waals surface area contributed by atoms with Crippen molar-refractivity contribution in [1.29, 1.82) is 0 Å². The van der Waals surface area contributed by atoms with E-state index in [0.29, 0.717) is 17.8 Å². The summed E-state index contributed by atoms with van der Waals surface area (Å²) in [6.45, 7) is 2.36. The van der Waals surface area contributed by atoms with Crippen LogP contribution in [0.15, 0.2) is 22.7 Å². The maximum absolute atomic E-state index is 11.7. The monoisotopic (exact) mass is 286 g/mol. The number of benzene rings is 1. The lowest BCUT2D eigenvalue weighted by atomic mass is 10.1. The summed E-state index contributed by atoms with van der Waals surface area (Å²) in [5.41, 5.74) is 6.68. The van der Waals surface area contributed by atoms with Crippen LogP contribution in [0.1, 0.15) is 17.3 Å². The molecule has 16 heavy (non-hydrogen) atoms. The number of aliphatic hydroxyl groups excluding tert-OH is 1. The summed E-state index contributed by atoms with van der Waals surface area (Å²) < 4.78 is 0.771. The Bertz CT molecular complexity index is 362. The molecule has 1 unspecified atom stereocenters. The highest BCUT2D eigenvalue weighted by molar-refractivity contribution is 9.10. The number of hydrogen-bond acceptors (Lipinski definition) is 3. The molecule has 0 bridgehead atoms. The van der Waals surface area contributed by atoms with Crippen LogP contribution in [0.2, 0.25) is 0 Å². The molecule has 88 valence electrons. The van der Waals surface area contributed by atoms with Crippen molar-refractivity contribution >= 4 is 27.5 Å². The molecule has 4 N–H and O–H groups in total. The molecular weight excluding hydrogens is 272 g/mol. The minimum atomic E-state index is -0.187. The molecule has 1 rings (SSSR count). The van der Waals surface area contributed by atoms with Gasteiger partial charge in [0.25, 0.3) is 5.91 Å². The van der Waals surface area contributed by atoms with E-state index in [-0.39, 0.29) is 18.4 Å². The second-order valence-electron chi connectivity index (χ2n) is 3.77. The quantitative estimate of drug-likeness (QED) is 0.732. The molecule has 0 aliphatic rings. The Morgan fingerprint density at radius 2 is 2.25 bits per heavy atom. The molecule has 4 nitrogen and oxygen atoms in total. The SMILES string of the molecule is CC(CO)CNC(=O)c1cc(N)cc(Br)c1. The van der Waals surface area contributed by atoms with E-state index in [1.54, 1.807) is 18.2 Å². The molecule has 0 saturated carbocycles. The van der Waals surface area contributed by atoms with Crippen molar-refractivity contribution in [3.63, 3.8) is 0 Å². The zero-order chi connectivity index (χ0) is 12.1. The Morgan fingerprint density at radius 3 is 2.81 bits per heavy atom. The van der Waals surface area contributed by atoms with Crippen molar-refractivity contribution in [2.45, 2.75) is 6.92 Å². The molecule has 0 spiro atoms. The molecule has 1 atom stereocenters. The molecule has 1 aromatic rings. The van der Waals surface area contributed by atoms with Gasteiger partial charge in [0.1, 0.15) is 0 Å². The van der Waals surface area contributed by atoms with Gasteiger partial charge < -0.3 is 16.2 Å². The van der Waals surface area contributed by atoms with Crippen LogP contribution >= 0.6 is 15.9 Å². The Hall–Kier alpha value is -1.07. The Balaban J connectivity index is 2.66. The van der Waals surface area contributed by atoms with Crippen LogP contribution < -0.4 is 11.1 Å². The fourth-order valence-corrected chi connectivity index (χ4v) is 1.69. The summed E-state index contributed by atoms with van der Waals surface area (Å²) in [7, 11) is 0. The van der Waals surface area contributed by atoms with Crippen molar-refractivity contribution in [3.8, 4) is 0 Å². The highest BCUT2D eigenvalue weighted by Gasteiger charge is 2.08. The summed E-state index contributed by atoms with van der Waals surface area (Å²) in [4.78, 5) is 11.7. The third-order valence-corrected chi connectivity index (χ3v) is 2.56. The predicted molar refractivity (Wildman–Crippen MR) is 67.1 cm³/mol. The summed E-state index contributed by atoms with van der Waals surface area (Å²) in [5.74, 6) is -0.137. The van der Waals surface area contributed by atoms with Gasteiger partial charge in [0.15, 0.2) is 0 Å². The van der Waals surface area contributed by atoms with Crippen molar-refractivity contribution in [1.82, 2.24) is 5.32 Å². The van der Waals surface area contributed by atoms with E-state index in [4.69, 9.17) is 10.8 Å². The zero-order valence-electron chi connectivity index (χ0n) is 9.03. The first kappa shape index (κ1) is 13.0. The van der Waals surface area contributed by atoms with Crippen LogP contribution in [0.3, 0.4) is 0 Å². The van der Waals surface area contributed by atoms with Crippen LogP contribution in [0.4, 0.5) is 5.69 Å². The summed E-state index contributed by atoms with van der Waals surface area (Å²) in [6, 6.07) is 5.05. The van der Waals surface area contributed by atoms with Crippen molar-refractivity contribution in [2.24, 2.45) is 5.92 Å². The van der Waals surface area contributed by atoms with E-state index in [1.165, 1.54) is 0 Å². The standard InChI is InChI=1S/C11H15BrN2O2/c1-7(6-15)5-14-11(16)8-2-9(12)4-10(13)3-8/h2-4,7,15H,5-6,13H2,1H3,(H,14,16). The second-order valence-corrected chi connectivity index (χ2v) is 4.69. The summed E-state index contributed by atoms with van der Waals surface area (Å²) in [6.07, 6.45) is 0. The molecule has 0 fully saturated rings. The first-order valence-corrected chi connectivity index (χ1v) is 5.77. The van der Waals surface area contributed by atoms with Crippen molar-refractivity contribution < 1.29 is 9.90 Å². The van der Waals surface area contributed by atoms with Gasteiger partial charge in [-0.15, -0.1) is 0 Å². The molecule has 5 heteroatoms. The smallest absolute Gasteiger partial charge is 0.251 e. The lowest BCUT2D eigenvalue weighted by Gasteiger charge is -2.10. The Morgan fingerprint density at radius 1 is 1.56 bits per heavy atom. The van der Waals surface area contributed by atoms with Gasteiger partial charge in [0, 0.05) is 28.9 Å². The Labute approximate surface area is 103 Å². The number of nitrogens with one attached hydrogen (secondary N) is 1. The van der Waals surface area contributed by atoms with Gasteiger partial charge in [0.2, 0.25) is 0 Å². The fourth-order valence-electron chi connectivity index (χ4n) is 1.18. The van der Waals surface area contributed by atoms with E-state index in [9.17, 15) is 4.79 Å². The highest BCUT2D eigenvalue weighted by Crippen LogP contribution is 2.17. The summed E-state index contributed by atoms with van der Waals surface area (Å²) >= 11 is 3.27. The third-order valence-electron chi connectivity index (χ3n) is 2.11. The van der Waals surface area contributed by atoms with Gasteiger partial charge in [-0.3, -0.25) is 4.79 Å². The van der Waals surface area contributed by atoms with E-state index in [2.05, 4.69) is 21.2 Å². The van der Waals surface area contributed by atoms with Crippen LogP contribution in [0.5, 0.6) is 0 Å². The van der Waals surface area contributed by atoms with Crippen LogP contribution in [-0.2, 0) is 0 Å². The van der Waals surface area contributed by atoms with E-state index in [0.717, 1.165) is 4.47 Å². The molecule has 1 amide bonds. The summed E-state index contributed by atoms with van der Waals surface area (Å²) in [5, 5.41) is 11.6. The van der Waals surface area contributed by atoms with Crippen LogP contribution in [0, 0.1) is 5.92 Å². The number of anilines is 1. The largest absolute Gasteiger partial charge is 0.399 e.